The lowest BCUT2D eigenvalue weighted by molar-refractivity contribution is 0.0255. The maximum Gasteiger partial charge on any atom is 0.410 e. The third-order valence-corrected chi connectivity index (χ3v) is 3.46. The zero-order chi connectivity index (χ0) is 14.4. The Hall–Kier alpha value is -1.59. The number of carbonyl (C=O) groups is 1. The van der Waals surface area contributed by atoms with Crippen LogP contribution in [-0.4, -0.2) is 48.5 Å². The minimum absolute atomic E-state index is 0.0210. The highest BCUT2D eigenvalue weighted by Crippen LogP contribution is 2.20. The zero-order valence-electron chi connectivity index (χ0n) is 11.7. The highest BCUT2D eigenvalue weighted by atomic mass is 16.6. The van der Waals surface area contributed by atoms with Crippen molar-refractivity contribution >= 4 is 6.09 Å². The first kappa shape index (κ1) is 14.8. The molecule has 5 heteroatoms. The minimum atomic E-state index is -0.352. The first-order valence-corrected chi connectivity index (χ1v) is 6.92. The van der Waals surface area contributed by atoms with Crippen LogP contribution in [0.4, 0.5) is 4.79 Å². The van der Waals surface area contributed by atoms with Crippen LogP contribution in [0.1, 0.15) is 12.5 Å². The first-order chi connectivity index (χ1) is 9.74. The van der Waals surface area contributed by atoms with Gasteiger partial charge in [-0.3, -0.25) is 0 Å². The van der Waals surface area contributed by atoms with Crippen LogP contribution in [0.15, 0.2) is 30.3 Å². The van der Waals surface area contributed by atoms with Crippen molar-refractivity contribution in [3.05, 3.63) is 35.9 Å². The molecule has 1 aliphatic heterocycles. The van der Waals surface area contributed by atoms with Crippen molar-refractivity contribution in [3.63, 3.8) is 0 Å². The van der Waals surface area contributed by atoms with Gasteiger partial charge in [0.15, 0.2) is 0 Å². The molecule has 5 nitrogen and oxygen atoms in total. The van der Waals surface area contributed by atoms with E-state index in [9.17, 15) is 9.90 Å². The number of aliphatic hydroxyl groups excluding tert-OH is 1. The van der Waals surface area contributed by atoms with Crippen molar-refractivity contribution in [1.29, 1.82) is 0 Å². The fraction of sp³-hybridized carbons (Fsp3) is 0.533. The van der Waals surface area contributed by atoms with Crippen LogP contribution in [0.5, 0.6) is 0 Å². The van der Waals surface area contributed by atoms with E-state index in [0.717, 1.165) is 5.56 Å². The van der Waals surface area contributed by atoms with E-state index < -0.39 is 0 Å². The smallest absolute Gasteiger partial charge is 0.410 e. The third kappa shape index (κ3) is 3.71. The quantitative estimate of drug-likeness (QED) is 0.890. The normalized spacial score (nSPS) is 22.0. The molecule has 2 unspecified atom stereocenters. The van der Waals surface area contributed by atoms with Crippen molar-refractivity contribution in [2.45, 2.75) is 19.6 Å². The molecule has 0 bridgehead atoms. The van der Waals surface area contributed by atoms with E-state index in [1.807, 2.05) is 37.3 Å². The van der Waals surface area contributed by atoms with Gasteiger partial charge in [-0.25, -0.2) is 4.79 Å². The van der Waals surface area contributed by atoms with E-state index in [1.54, 1.807) is 4.90 Å². The predicted octanol–water partition coefficient (Wildman–Crippen LogP) is 1.65. The largest absolute Gasteiger partial charge is 0.445 e. The molecule has 1 fully saturated rings. The highest BCUT2D eigenvalue weighted by Gasteiger charge is 2.36. The molecule has 0 aromatic heterocycles. The molecule has 1 aromatic carbocycles. The van der Waals surface area contributed by atoms with Gasteiger partial charge in [0.05, 0.1) is 19.3 Å². The maximum atomic E-state index is 12.0. The monoisotopic (exact) mass is 279 g/mol. The van der Waals surface area contributed by atoms with Gasteiger partial charge in [-0.05, 0) is 12.5 Å². The number of aliphatic hydroxyl groups is 1. The van der Waals surface area contributed by atoms with Crippen molar-refractivity contribution in [2.75, 3.05) is 26.3 Å². The average molecular weight is 279 g/mol. The van der Waals surface area contributed by atoms with Gasteiger partial charge in [0.2, 0.25) is 0 Å². The molecule has 110 valence electrons. The third-order valence-electron chi connectivity index (χ3n) is 3.46. The second kappa shape index (κ2) is 7.26. The van der Waals surface area contributed by atoms with Gasteiger partial charge in [-0.2, -0.15) is 0 Å². The van der Waals surface area contributed by atoms with Gasteiger partial charge in [-0.15, -0.1) is 0 Å². The summed E-state index contributed by atoms with van der Waals surface area (Å²) in [5.74, 6) is -0.0285. The van der Waals surface area contributed by atoms with E-state index in [1.165, 1.54) is 0 Å². The SMILES string of the molecule is CCOC1CN(C(=O)OCc2ccccc2)CC1CO. The zero-order valence-corrected chi connectivity index (χ0v) is 11.7. The molecular formula is C15H21NO4. The Morgan fingerprint density at radius 2 is 2.10 bits per heavy atom. The van der Waals surface area contributed by atoms with Gasteiger partial charge < -0.3 is 19.5 Å². The summed E-state index contributed by atoms with van der Waals surface area (Å²) in [6.07, 6.45) is -0.455. The van der Waals surface area contributed by atoms with Crippen LogP contribution in [0.25, 0.3) is 0 Å². The van der Waals surface area contributed by atoms with Crippen LogP contribution < -0.4 is 0 Å². The standard InChI is InChI=1S/C15H21NO4/c1-2-19-14-9-16(8-13(14)10-17)15(18)20-11-12-6-4-3-5-7-12/h3-7,13-14,17H,2,8-11H2,1H3. The molecule has 20 heavy (non-hydrogen) atoms. The van der Waals surface area contributed by atoms with E-state index in [2.05, 4.69) is 0 Å². The summed E-state index contributed by atoms with van der Waals surface area (Å²) in [5, 5.41) is 9.31. The number of ether oxygens (including phenoxy) is 2. The Kier molecular flexibility index (Phi) is 5.38. The van der Waals surface area contributed by atoms with Crippen LogP contribution >= 0.6 is 0 Å². The number of benzene rings is 1. The number of rotatable bonds is 5. The molecule has 0 aliphatic carbocycles. The molecular weight excluding hydrogens is 258 g/mol. The molecule has 0 spiro atoms. The van der Waals surface area contributed by atoms with Gasteiger partial charge in [0.25, 0.3) is 0 Å². The molecule has 0 saturated carbocycles. The molecule has 2 rings (SSSR count). The maximum absolute atomic E-state index is 12.0. The summed E-state index contributed by atoms with van der Waals surface area (Å²) in [6, 6.07) is 9.57. The number of likely N-dealkylation sites (tertiary alicyclic amines) is 1. The molecule has 1 saturated heterocycles. The van der Waals surface area contributed by atoms with E-state index in [4.69, 9.17) is 9.47 Å². The summed E-state index contributed by atoms with van der Waals surface area (Å²) in [6.45, 7) is 3.73. The Bertz CT molecular complexity index is 423. The van der Waals surface area contributed by atoms with Crippen LogP contribution in [0.2, 0.25) is 0 Å². The lowest BCUT2D eigenvalue weighted by Gasteiger charge is -2.16. The first-order valence-electron chi connectivity index (χ1n) is 6.92. The summed E-state index contributed by atoms with van der Waals surface area (Å²) in [4.78, 5) is 13.6. The van der Waals surface area contributed by atoms with Crippen molar-refractivity contribution in [3.8, 4) is 0 Å². The molecule has 0 radical (unpaired) electrons. The number of hydrogen-bond donors (Lipinski definition) is 1. The van der Waals surface area contributed by atoms with Gasteiger partial charge in [-0.1, -0.05) is 30.3 Å². The molecule has 1 N–H and O–H groups in total. The molecule has 1 amide bonds. The van der Waals surface area contributed by atoms with E-state index in [-0.39, 0.29) is 31.3 Å². The minimum Gasteiger partial charge on any atom is -0.445 e. The van der Waals surface area contributed by atoms with Gasteiger partial charge in [0.1, 0.15) is 6.61 Å². The van der Waals surface area contributed by atoms with E-state index >= 15 is 0 Å². The fourth-order valence-electron chi connectivity index (χ4n) is 2.38. The Balaban J connectivity index is 1.84. The van der Waals surface area contributed by atoms with Crippen LogP contribution in [0.3, 0.4) is 0 Å². The van der Waals surface area contributed by atoms with Gasteiger partial charge >= 0.3 is 6.09 Å². The fourth-order valence-corrected chi connectivity index (χ4v) is 2.38. The van der Waals surface area contributed by atoms with E-state index in [0.29, 0.717) is 19.7 Å². The lowest BCUT2D eigenvalue weighted by Crippen LogP contribution is -2.30. The number of amides is 1. The second-order valence-corrected chi connectivity index (χ2v) is 4.88. The number of nitrogens with zero attached hydrogens (tertiary/aromatic N) is 1. The Labute approximate surface area is 119 Å². The van der Waals surface area contributed by atoms with Gasteiger partial charge in [0, 0.05) is 19.1 Å². The molecule has 1 heterocycles. The molecule has 2 atom stereocenters. The predicted molar refractivity (Wildman–Crippen MR) is 74.2 cm³/mol. The second-order valence-electron chi connectivity index (χ2n) is 4.88. The molecule has 1 aliphatic rings. The lowest BCUT2D eigenvalue weighted by atomic mass is 10.1. The summed E-state index contributed by atoms with van der Waals surface area (Å²) >= 11 is 0. The average Bonchev–Trinajstić information content (AvgIpc) is 2.89. The van der Waals surface area contributed by atoms with Crippen molar-refractivity contribution in [1.82, 2.24) is 4.90 Å². The summed E-state index contributed by atoms with van der Waals surface area (Å²) in [7, 11) is 0. The number of hydrogen-bond acceptors (Lipinski definition) is 4. The molecule has 1 aromatic rings. The summed E-state index contributed by atoms with van der Waals surface area (Å²) in [5.41, 5.74) is 0.958. The highest BCUT2D eigenvalue weighted by molar-refractivity contribution is 5.68. The summed E-state index contributed by atoms with van der Waals surface area (Å²) < 4.78 is 10.8. The number of carbonyl (C=O) groups excluding carboxylic acids is 1. The van der Waals surface area contributed by atoms with Crippen LogP contribution in [0, 0.1) is 5.92 Å². The van der Waals surface area contributed by atoms with Crippen molar-refractivity contribution in [2.24, 2.45) is 5.92 Å². The van der Waals surface area contributed by atoms with Crippen LogP contribution in [-0.2, 0) is 16.1 Å². The Morgan fingerprint density at radius 3 is 2.75 bits per heavy atom. The van der Waals surface area contributed by atoms with Crippen molar-refractivity contribution < 1.29 is 19.4 Å². The Morgan fingerprint density at radius 1 is 1.35 bits per heavy atom. The topological polar surface area (TPSA) is 59.0 Å².